The number of halogens is 1. The van der Waals surface area contributed by atoms with Crippen molar-refractivity contribution in [3.63, 3.8) is 0 Å². The van der Waals surface area contributed by atoms with Gasteiger partial charge >= 0.3 is 65.1 Å². The van der Waals surface area contributed by atoms with Crippen LogP contribution >= 0.6 is 15.9 Å². The van der Waals surface area contributed by atoms with Crippen molar-refractivity contribution < 1.29 is 16.0 Å². The van der Waals surface area contributed by atoms with E-state index in [9.17, 15) is 0 Å². The van der Waals surface area contributed by atoms with Gasteiger partial charge in [-0.15, -0.1) is 0 Å². The van der Waals surface area contributed by atoms with Crippen molar-refractivity contribution in [2.24, 2.45) is 0 Å². The third-order valence-corrected chi connectivity index (χ3v) is 5.66. The first kappa shape index (κ1) is 20.7. The first-order valence-corrected chi connectivity index (χ1v) is 11.3. The van der Waals surface area contributed by atoms with Crippen molar-refractivity contribution in [3.05, 3.63) is 100 Å². The Labute approximate surface area is 202 Å². The number of aromatic nitrogens is 4. The molecule has 0 fully saturated rings. The minimum atomic E-state index is 0.862. The summed E-state index contributed by atoms with van der Waals surface area (Å²) in [5.74, 6) is 0. The van der Waals surface area contributed by atoms with Crippen LogP contribution in [0, 0.1) is 0 Å². The zero-order chi connectivity index (χ0) is 21.9. The summed E-state index contributed by atoms with van der Waals surface area (Å²) < 4.78 is 1.93. The standard InChI is InChI=1S/C20H14N4.C6H4Br.Cu/c1-2-14-10-16-5-6-18(23-16)12-20-8-7-19(24-20)11-17-4-3-15(22-17)9-13(1)21-14;7-6-4-2-1-3-5-6;/h1-12,21,24H;2-5H;. The molecule has 2 aliphatic rings. The third kappa shape index (κ3) is 5.17. The zero-order valence-corrected chi connectivity index (χ0v) is 19.3. The Morgan fingerprint density at radius 2 is 0.875 bits per heavy atom. The van der Waals surface area contributed by atoms with E-state index >= 15 is 0 Å². The molecule has 5 heterocycles. The molecule has 2 N–H and O–H groups in total. The molecule has 4 nitrogen and oxygen atoms in total. The van der Waals surface area contributed by atoms with Gasteiger partial charge in [-0.1, -0.05) is 0 Å². The fourth-order valence-electron chi connectivity index (χ4n) is 3.36. The Morgan fingerprint density at radius 3 is 1.19 bits per heavy atom. The third-order valence-electron chi connectivity index (χ3n) is 4.82. The molecule has 2 aliphatic heterocycles. The molecule has 0 radical (unpaired) electrons. The molecule has 0 saturated heterocycles. The van der Waals surface area contributed by atoms with Crippen LogP contribution in [-0.4, -0.2) is 19.9 Å². The molecule has 0 atom stereocenters. The number of nitrogens with zero attached hydrogens (tertiary/aromatic N) is 2. The molecule has 6 rings (SSSR count). The van der Waals surface area contributed by atoms with Gasteiger partial charge in [-0.3, -0.25) is 0 Å². The molecule has 0 spiro atoms. The van der Waals surface area contributed by atoms with Crippen LogP contribution in [0.25, 0.3) is 46.4 Å². The van der Waals surface area contributed by atoms with E-state index in [1.807, 2.05) is 72.8 Å². The quantitative estimate of drug-likeness (QED) is 0.228. The summed E-state index contributed by atoms with van der Waals surface area (Å²) >= 11 is 8.29. The van der Waals surface area contributed by atoms with Crippen molar-refractivity contribution >= 4 is 66.8 Å². The monoisotopic (exact) mass is 528 g/mol. The number of H-pyrrole nitrogens is 2. The van der Waals surface area contributed by atoms with Gasteiger partial charge in [0, 0.05) is 22.1 Å². The van der Waals surface area contributed by atoms with Crippen LogP contribution in [0.1, 0.15) is 22.8 Å². The van der Waals surface area contributed by atoms with Crippen LogP contribution in [0.5, 0.6) is 0 Å². The van der Waals surface area contributed by atoms with E-state index in [1.54, 1.807) is 0 Å². The number of hydrogen-bond acceptors (Lipinski definition) is 2. The number of rotatable bonds is 0. The predicted molar refractivity (Wildman–Crippen MR) is 133 cm³/mol. The van der Waals surface area contributed by atoms with Gasteiger partial charge in [-0.05, 0) is 72.8 Å². The summed E-state index contributed by atoms with van der Waals surface area (Å²) in [6, 6.07) is 24.0. The Kier molecular flexibility index (Phi) is 5.91. The summed E-state index contributed by atoms with van der Waals surface area (Å²) in [6.07, 6.45) is 8.09. The Hall–Kier alpha value is -3.18. The topological polar surface area (TPSA) is 57.4 Å². The molecular formula is C26H18BrCuN4. The molecule has 1 aromatic carbocycles. The molecule has 4 aromatic rings. The zero-order valence-electron chi connectivity index (χ0n) is 16.8. The molecule has 0 saturated carbocycles. The van der Waals surface area contributed by atoms with Crippen LogP contribution in [-0.2, 0) is 16.0 Å². The second kappa shape index (κ2) is 9.13. The fraction of sp³-hybridized carbons (Fsp3) is 0. The maximum absolute atomic E-state index is 4.99. The molecule has 160 valence electrons. The van der Waals surface area contributed by atoms with Crippen LogP contribution in [0.3, 0.4) is 0 Å². The fourth-order valence-corrected chi connectivity index (χ4v) is 3.78. The van der Waals surface area contributed by atoms with Crippen LogP contribution in [0.2, 0.25) is 0 Å². The number of benzene rings is 1. The van der Waals surface area contributed by atoms with Crippen LogP contribution in [0.4, 0.5) is 0 Å². The SMILES string of the molecule is C1=Cc2cc3ccc(cc4nc(cc5ccc(cc1n2)[nH]5)C=C4)[nH]3.[Cu][c]1ccc(Br)cc1. The second-order valence-corrected chi connectivity index (χ2v) is 8.76. The molecule has 0 amide bonds. The first-order chi connectivity index (χ1) is 15.6. The van der Waals surface area contributed by atoms with Gasteiger partial charge in [0.15, 0.2) is 0 Å². The Bertz CT molecular complexity index is 1300. The van der Waals surface area contributed by atoms with Crippen LogP contribution in [0.15, 0.2) is 77.3 Å². The summed E-state index contributed by atoms with van der Waals surface area (Å²) in [6.45, 7) is 0. The molecular weight excluding hydrogens is 512 g/mol. The van der Waals surface area contributed by atoms with E-state index in [4.69, 9.17) is 16.0 Å². The van der Waals surface area contributed by atoms with E-state index in [0.29, 0.717) is 0 Å². The first-order valence-electron chi connectivity index (χ1n) is 10.0. The second-order valence-electron chi connectivity index (χ2n) is 7.30. The number of fused-ring (bicyclic) bond motifs is 8. The van der Waals surface area contributed by atoms with Crippen molar-refractivity contribution in [1.29, 1.82) is 0 Å². The van der Waals surface area contributed by atoms with Gasteiger partial charge in [-0.25, -0.2) is 9.97 Å². The van der Waals surface area contributed by atoms with Crippen molar-refractivity contribution in [1.82, 2.24) is 19.9 Å². The maximum atomic E-state index is 4.99. The molecule has 0 aliphatic carbocycles. The van der Waals surface area contributed by atoms with Gasteiger partial charge in [0.05, 0.1) is 22.8 Å². The van der Waals surface area contributed by atoms with Crippen molar-refractivity contribution in [2.45, 2.75) is 0 Å². The predicted octanol–water partition coefficient (Wildman–Crippen LogP) is 6.28. The summed E-state index contributed by atoms with van der Waals surface area (Å²) in [5.41, 5.74) is 7.86. The van der Waals surface area contributed by atoms with Gasteiger partial charge in [0.25, 0.3) is 0 Å². The van der Waals surface area contributed by atoms with Gasteiger partial charge in [0.2, 0.25) is 0 Å². The average Bonchev–Trinajstić information content (AvgIpc) is 3.57. The van der Waals surface area contributed by atoms with E-state index in [-0.39, 0.29) is 0 Å². The summed E-state index contributed by atoms with van der Waals surface area (Å²) in [5, 5.41) is 0. The minimum absolute atomic E-state index is 0.862. The number of hydrogen-bond donors (Lipinski definition) is 2. The average molecular weight is 530 g/mol. The van der Waals surface area contributed by atoms with E-state index < -0.39 is 0 Å². The Morgan fingerprint density at radius 1 is 0.531 bits per heavy atom. The van der Waals surface area contributed by atoms with Crippen molar-refractivity contribution in [3.8, 4) is 0 Å². The molecule has 32 heavy (non-hydrogen) atoms. The molecule has 0 unspecified atom stereocenters. The number of aromatic amines is 2. The summed E-state index contributed by atoms with van der Waals surface area (Å²) in [4.78, 5) is 16.0. The van der Waals surface area contributed by atoms with E-state index in [1.165, 1.54) is 0 Å². The van der Waals surface area contributed by atoms with Gasteiger partial charge < -0.3 is 9.97 Å². The molecule has 3 aromatic heterocycles. The Balaban J connectivity index is 0.000000230. The van der Waals surface area contributed by atoms with E-state index in [0.717, 1.165) is 53.8 Å². The molecule has 6 heteroatoms. The van der Waals surface area contributed by atoms with Gasteiger partial charge in [0.1, 0.15) is 0 Å². The molecule has 8 bridgehead atoms. The van der Waals surface area contributed by atoms with Crippen molar-refractivity contribution in [2.75, 3.05) is 0 Å². The number of nitrogens with one attached hydrogen (secondary N) is 2. The van der Waals surface area contributed by atoms with Crippen LogP contribution < -0.4 is 4.46 Å². The van der Waals surface area contributed by atoms with Gasteiger partial charge in [-0.2, -0.15) is 0 Å². The normalized spacial score (nSPS) is 11.8. The summed E-state index contributed by atoms with van der Waals surface area (Å²) in [7, 11) is 0. The van der Waals surface area contributed by atoms with E-state index in [2.05, 4.69) is 60.1 Å².